The van der Waals surface area contributed by atoms with Gasteiger partial charge in [0.15, 0.2) is 6.61 Å². The average molecular weight is 355 g/mol. The third-order valence-corrected chi connectivity index (χ3v) is 4.52. The van der Waals surface area contributed by atoms with E-state index in [2.05, 4.69) is 23.8 Å². The van der Waals surface area contributed by atoms with E-state index in [9.17, 15) is 4.79 Å². The van der Waals surface area contributed by atoms with Crippen LogP contribution in [-0.4, -0.2) is 25.7 Å². The smallest absolute Gasteiger partial charge is 0.428 e. The van der Waals surface area contributed by atoms with E-state index in [1.165, 1.54) is 83.5 Å². The summed E-state index contributed by atoms with van der Waals surface area (Å²) in [5.74, 6) is 0. The summed E-state index contributed by atoms with van der Waals surface area (Å²) < 4.78 is 14.9. The molecule has 1 aliphatic rings. The van der Waals surface area contributed by atoms with Crippen molar-refractivity contribution in [2.45, 2.75) is 103 Å². The number of ether oxygens (including phenoxy) is 3. The summed E-state index contributed by atoms with van der Waals surface area (Å²) >= 11 is 0. The molecule has 1 atom stereocenters. The van der Waals surface area contributed by atoms with Gasteiger partial charge in [-0.1, -0.05) is 76.9 Å². The van der Waals surface area contributed by atoms with Crippen molar-refractivity contribution < 1.29 is 19.0 Å². The van der Waals surface area contributed by atoms with Crippen LogP contribution in [0.15, 0.2) is 12.2 Å². The Bertz CT molecular complexity index is 341. The van der Waals surface area contributed by atoms with Gasteiger partial charge in [0, 0.05) is 0 Å². The van der Waals surface area contributed by atoms with Crippen LogP contribution in [0.4, 0.5) is 4.79 Å². The molecule has 1 saturated heterocycles. The van der Waals surface area contributed by atoms with E-state index < -0.39 is 12.4 Å². The van der Waals surface area contributed by atoms with Gasteiger partial charge in [0.1, 0.15) is 0 Å². The molecule has 1 fully saturated rings. The monoisotopic (exact) mass is 354 g/mol. The molecule has 1 rings (SSSR count). The van der Waals surface area contributed by atoms with Crippen molar-refractivity contribution in [3.05, 3.63) is 12.2 Å². The van der Waals surface area contributed by atoms with Gasteiger partial charge in [0.2, 0.25) is 6.29 Å². The van der Waals surface area contributed by atoms with Crippen molar-refractivity contribution >= 4 is 6.16 Å². The summed E-state index contributed by atoms with van der Waals surface area (Å²) in [6, 6.07) is 0. The minimum absolute atomic E-state index is 0.227. The summed E-state index contributed by atoms with van der Waals surface area (Å²) in [6.45, 7) is 3.14. The van der Waals surface area contributed by atoms with E-state index in [1.54, 1.807) is 0 Å². The predicted molar refractivity (Wildman–Crippen MR) is 102 cm³/mol. The number of unbranched alkanes of at least 4 members (excludes halogenated alkanes) is 12. The molecule has 4 nitrogen and oxygen atoms in total. The molecule has 0 spiro atoms. The van der Waals surface area contributed by atoms with Crippen LogP contribution < -0.4 is 0 Å². The first-order valence-electron chi connectivity index (χ1n) is 10.4. The summed E-state index contributed by atoms with van der Waals surface area (Å²) in [6.07, 6.45) is 21.8. The molecule has 1 heterocycles. The van der Waals surface area contributed by atoms with Crippen molar-refractivity contribution in [2.75, 3.05) is 13.2 Å². The molecule has 0 saturated carbocycles. The van der Waals surface area contributed by atoms with Crippen molar-refractivity contribution in [1.82, 2.24) is 0 Å². The topological polar surface area (TPSA) is 44.8 Å². The number of hydrogen-bond acceptors (Lipinski definition) is 4. The highest BCUT2D eigenvalue weighted by Crippen LogP contribution is 2.11. The zero-order chi connectivity index (χ0) is 18.0. The zero-order valence-electron chi connectivity index (χ0n) is 16.2. The average Bonchev–Trinajstić information content (AvgIpc) is 3.03. The molecule has 1 unspecified atom stereocenters. The van der Waals surface area contributed by atoms with Crippen LogP contribution in [0.2, 0.25) is 0 Å². The lowest BCUT2D eigenvalue weighted by Crippen LogP contribution is -2.15. The lowest BCUT2D eigenvalue weighted by Gasteiger charge is -2.07. The molecular weight excluding hydrogens is 316 g/mol. The van der Waals surface area contributed by atoms with E-state index in [4.69, 9.17) is 9.47 Å². The molecule has 146 valence electrons. The van der Waals surface area contributed by atoms with Gasteiger partial charge in [0.25, 0.3) is 0 Å². The van der Waals surface area contributed by atoms with Gasteiger partial charge in [-0.25, -0.2) is 4.79 Å². The molecule has 0 amide bonds. The molecule has 0 radical (unpaired) electrons. The predicted octanol–water partition coefficient (Wildman–Crippen LogP) is 6.53. The van der Waals surface area contributed by atoms with Crippen LogP contribution in [0.25, 0.3) is 0 Å². The lowest BCUT2D eigenvalue weighted by molar-refractivity contribution is -0.0780. The molecule has 0 bridgehead atoms. The summed E-state index contributed by atoms with van der Waals surface area (Å²) in [5, 5.41) is 0. The molecule has 0 aliphatic carbocycles. The minimum Gasteiger partial charge on any atom is -0.428 e. The van der Waals surface area contributed by atoms with Gasteiger partial charge in [-0.15, -0.1) is 0 Å². The highest BCUT2D eigenvalue weighted by atomic mass is 16.8. The number of cyclic esters (lactones) is 2. The first-order chi connectivity index (χ1) is 12.3. The Labute approximate surface area is 154 Å². The number of rotatable bonds is 17. The van der Waals surface area contributed by atoms with Crippen LogP contribution in [0.3, 0.4) is 0 Å². The Morgan fingerprint density at radius 1 is 0.880 bits per heavy atom. The van der Waals surface area contributed by atoms with Crippen LogP contribution in [0.1, 0.15) is 96.8 Å². The Hall–Kier alpha value is -1.03. The summed E-state index contributed by atoms with van der Waals surface area (Å²) in [4.78, 5) is 10.7. The van der Waals surface area contributed by atoms with Gasteiger partial charge in [-0.05, 0) is 32.1 Å². The quantitative estimate of drug-likeness (QED) is 0.169. The van der Waals surface area contributed by atoms with Crippen LogP contribution >= 0.6 is 0 Å². The van der Waals surface area contributed by atoms with Gasteiger partial charge >= 0.3 is 6.16 Å². The van der Waals surface area contributed by atoms with E-state index in [-0.39, 0.29) is 6.61 Å². The number of allylic oxidation sites excluding steroid dienone is 2. The molecular formula is C21H38O4. The fourth-order valence-electron chi connectivity index (χ4n) is 2.96. The van der Waals surface area contributed by atoms with Crippen molar-refractivity contribution in [2.24, 2.45) is 0 Å². The lowest BCUT2D eigenvalue weighted by atomic mass is 10.1. The second-order valence-corrected chi connectivity index (χ2v) is 6.92. The third kappa shape index (κ3) is 13.9. The molecule has 0 N–H and O–H groups in total. The van der Waals surface area contributed by atoms with E-state index in [0.29, 0.717) is 6.61 Å². The Morgan fingerprint density at radius 2 is 1.44 bits per heavy atom. The fourth-order valence-corrected chi connectivity index (χ4v) is 2.96. The number of carbonyl (C=O) groups is 1. The largest absolute Gasteiger partial charge is 0.510 e. The first kappa shape index (κ1) is 22.0. The van der Waals surface area contributed by atoms with Crippen molar-refractivity contribution in [3.8, 4) is 0 Å². The highest BCUT2D eigenvalue weighted by molar-refractivity contribution is 5.61. The van der Waals surface area contributed by atoms with Gasteiger partial charge in [-0.2, -0.15) is 0 Å². The number of hydrogen-bond donors (Lipinski definition) is 0. The normalized spacial score (nSPS) is 17.2. The van der Waals surface area contributed by atoms with Crippen LogP contribution in [-0.2, 0) is 14.2 Å². The zero-order valence-corrected chi connectivity index (χ0v) is 16.2. The van der Waals surface area contributed by atoms with Gasteiger partial charge in [-0.3, -0.25) is 0 Å². The molecule has 1 aliphatic heterocycles. The Kier molecular flexibility index (Phi) is 14.5. The molecule has 4 heteroatoms. The van der Waals surface area contributed by atoms with Crippen molar-refractivity contribution in [1.29, 1.82) is 0 Å². The van der Waals surface area contributed by atoms with E-state index >= 15 is 0 Å². The maximum absolute atomic E-state index is 10.7. The molecule has 0 aromatic carbocycles. The first-order valence-corrected chi connectivity index (χ1v) is 10.4. The van der Waals surface area contributed by atoms with E-state index in [1.807, 2.05) is 0 Å². The Morgan fingerprint density at radius 3 is 2.00 bits per heavy atom. The highest BCUT2D eigenvalue weighted by Gasteiger charge is 2.24. The van der Waals surface area contributed by atoms with E-state index in [0.717, 1.165) is 6.42 Å². The maximum atomic E-state index is 10.7. The molecule has 0 aromatic heterocycles. The molecule has 25 heavy (non-hydrogen) atoms. The minimum atomic E-state index is -0.619. The van der Waals surface area contributed by atoms with Crippen molar-refractivity contribution in [3.63, 3.8) is 0 Å². The SMILES string of the molecule is CCCCCCCCC=CCCCCCCCCOC1COC(=O)O1. The Balaban J connectivity index is 1.71. The van der Waals surface area contributed by atoms with Gasteiger partial charge in [0.05, 0.1) is 6.61 Å². The van der Waals surface area contributed by atoms with Crippen LogP contribution in [0, 0.1) is 0 Å². The van der Waals surface area contributed by atoms with Crippen LogP contribution in [0.5, 0.6) is 0 Å². The second-order valence-electron chi connectivity index (χ2n) is 6.92. The third-order valence-electron chi connectivity index (χ3n) is 4.52. The summed E-state index contributed by atoms with van der Waals surface area (Å²) in [5.41, 5.74) is 0. The second kappa shape index (κ2) is 16.4. The fraction of sp³-hybridized carbons (Fsp3) is 0.857. The standard InChI is InChI=1S/C21H38O4/c1-2-3-4-5-6-7-8-9-10-11-12-13-14-15-16-17-18-23-20-19-24-21(22)25-20/h9-10,20H,2-8,11-19H2,1H3. The summed E-state index contributed by atoms with van der Waals surface area (Å²) in [7, 11) is 0. The molecule has 0 aromatic rings. The number of carbonyl (C=O) groups excluding carboxylic acids is 1. The van der Waals surface area contributed by atoms with Gasteiger partial charge < -0.3 is 14.2 Å². The maximum Gasteiger partial charge on any atom is 0.510 e.